The third kappa shape index (κ3) is 2.87. The van der Waals surface area contributed by atoms with Crippen LogP contribution in [-0.2, 0) is 20.4 Å². The average molecular weight is 224 g/mol. The first-order valence-corrected chi connectivity index (χ1v) is 2.94. The molecule has 0 nitrogen and oxygen atoms in total. The van der Waals surface area contributed by atoms with E-state index in [-0.39, 0.29) is 20.4 Å². The van der Waals surface area contributed by atoms with Crippen LogP contribution in [0.15, 0.2) is 36.4 Å². The summed E-state index contributed by atoms with van der Waals surface area (Å²) in [6, 6.07) is 10.1. The van der Waals surface area contributed by atoms with Gasteiger partial charge in [-0.25, -0.2) is 19.1 Å². The molecule has 0 aliphatic heterocycles. The zero-order chi connectivity index (χ0) is 6.53. The Bertz CT molecular complexity index is 189. The Hall–Kier alpha value is -0.508. The maximum Gasteiger partial charge on any atom is 0 e. The summed E-state index contributed by atoms with van der Waals surface area (Å²) in [6.07, 6.45) is 3.76. The molecule has 0 bridgehead atoms. The monoisotopic (exact) mass is 223 g/mol. The second-order valence-electron chi connectivity index (χ2n) is 1.81. The van der Waals surface area contributed by atoms with Crippen molar-refractivity contribution in [3.05, 3.63) is 48.9 Å². The molecule has 0 saturated heterocycles. The Labute approximate surface area is 75.6 Å². The van der Waals surface area contributed by atoms with Crippen molar-refractivity contribution in [3.63, 3.8) is 0 Å². The van der Waals surface area contributed by atoms with E-state index < -0.39 is 0 Å². The van der Waals surface area contributed by atoms with Crippen LogP contribution in [0.5, 0.6) is 0 Å². The molecule has 0 spiro atoms. The second kappa shape index (κ2) is 5.29. The smallest absolute Gasteiger partial charge is 0 e. The maximum absolute atomic E-state index is 3.60. The van der Waals surface area contributed by atoms with E-state index in [4.69, 9.17) is 0 Å². The summed E-state index contributed by atoms with van der Waals surface area (Å²) in [5.41, 5.74) is 1.20. The van der Waals surface area contributed by atoms with Crippen LogP contribution in [0.25, 0.3) is 6.08 Å². The Morgan fingerprint density at radius 2 is 1.70 bits per heavy atom. The van der Waals surface area contributed by atoms with E-state index in [2.05, 4.69) is 6.92 Å². The molecule has 0 radical (unpaired) electrons. The van der Waals surface area contributed by atoms with Crippen LogP contribution in [0.1, 0.15) is 5.56 Å². The van der Waals surface area contributed by atoms with Gasteiger partial charge in [0.05, 0.1) is 0 Å². The van der Waals surface area contributed by atoms with Crippen molar-refractivity contribution < 1.29 is 20.4 Å². The van der Waals surface area contributed by atoms with Gasteiger partial charge in [-0.2, -0.15) is 0 Å². The van der Waals surface area contributed by atoms with E-state index in [1.54, 1.807) is 6.08 Å². The van der Waals surface area contributed by atoms with Crippen LogP contribution in [0.4, 0.5) is 0 Å². The molecule has 1 aromatic carbocycles. The molecule has 56 valence electrons. The Morgan fingerprint density at radius 3 is 2.20 bits per heavy atom. The van der Waals surface area contributed by atoms with Gasteiger partial charge in [-0.15, -0.1) is 5.56 Å². The van der Waals surface area contributed by atoms with Gasteiger partial charge in [-0.1, -0.05) is 30.3 Å². The largest absolute Gasteiger partial charge is 0.245 e. The van der Waals surface area contributed by atoms with Crippen molar-refractivity contribution in [2.24, 2.45) is 0 Å². The third-order valence-corrected chi connectivity index (χ3v) is 1.11. The van der Waals surface area contributed by atoms with Gasteiger partial charge in [-0.3, -0.25) is 0 Å². The first kappa shape index (κ1) is 9.49. The fourth-order valence-corrected chi connectivity index (χ4v) is 0.700. The molecule has 0 amide bonds. The van der Waals surface area contributed by atoms with Crippen LogP contribution >= 0.6 is 0 Å². The molecule has 1 rings (SSSR count). The predicted molar refractivity (Wildman–Crippen MR) is 40.8 cm³/mol. The van der Waals surface area contributed by atoms with Crippen LogP contribution in [0.2, 0.25) is 0 Å². The zero-order valence-electron chi connectivity index (χ0n) is 5.56. The minimum Gasteiger partial charge on any atom is -0.245 e. The van der Waals surface area contributed by atoms with Crippen LogP contribution < -0.4 is 0 Å². The first-order valence-electron chi connectivity index (χ1n) is 2.94. The summed E-state index contributed by atoms with van der Waals surface area (Å²) in [5.74, 6) is 0. The van der Waals surface area contributed by atoms with Crippen LogP contribution in [0, 0.1) is 6.92 Å². The van der Waals surface area contributed by atoms with Crippen molar-refractivity contribution in [3.8, 4) is 0 Å². The Kier molecular flexibility index (Phi) is 5.02. The molecule has 0 aliphatic rings. The molecular formula is C9H9Pd-. The fourth-order valence-electron chi connectivity index (χ4n) is 0.700. The SMILES string of the molecule is [CH2-]C=Cc1ccccc1.[Pd]. The molecule has 1 aromatic rings. The van der Waals surface area contributed by atoms with E-state index in [1.165, 1.54) is 5.56 Å². The number of hydrogen-bond acceptors (Lipinski definition) is 0. The maximum atomic E-state index is 3.60. The predicted octanol–water partition coefficient (Wildman–Crippen LogP) is 2.53. The second-order valence-corrected chi connectivity index (χ2v) is 1.81. The van der Waals surface area contributed by atoms with E-state index in [9.17, 15) is 0 Å². The van der Waals surface area contributed by atoms with Gasteiger partial charge in [0, 0.05) is 20.4 Å². The van der Waals surface area contributed by atoms with E-state index in [1.807, 2.05) is 36.4 Å². The fraction of sp³-hybridized carbons (Fsp3) is 0. The summed E-state index contributed by atoms with van der Waals surface area (Å²) in [4.78, 5) is 0. The molecule has 0 fully saturated rings. The van der Waals surface area contributed by atoms with E-state index >= 15 is 0 Å². The quantitative estimate of drug-likeness (QED) is 0.507. The zero-order valence-corrected chi connectivity index (χ0v) is 7.12. The number of benzene rings is 1. The molecule has 1 heteroatoms. The summed E-state index contributed by atoms with van der Waals surface area (Å²) >= 11 is 0. The Morgan fingerprint density at radius 1 is 1.10 bits per heavy atom. The molecule has 0 atom stereocenters. The van der Waals surface area contributed by atoms with Gasteiger partial charge in [-0.05, 0) is 0 Å². The molecular weight excluding hydrogens is 215 g/mol. The summed E-state index contributed by atoms with van der Waals surface area (Å²) in [6.45, 7) is 3.60. The summed E-state index contributed by atoms with van der Waals surface area (Å²) < 4.78 is 0. The molecule has 0 aromatic heterocycles. The topological polar surface area (TPSA) is 0 Å². The molecule has 0 aliphatic carbocycles. The Balaban J connectivity index is 0.000000810. The summed E-state index contributed by atoms with van der Waals surface area (Å²) in [5, 5.41) is 0. The van der Waals surface area contributed by atoms with E-state index in [0.29, 0.717) is 0 Å². The summed E-state index contributed by atoms with van der Waals surface area (Å²) in [7, 11) is 0. The van der Waals surface area contributed by atoms with Crippen molar-refractivity contribution >= 4 is 6.08 Å². The minimum atomic E-state index is 0. The number of allylic oxidation sites excluding steroid dienone is 1. The third-order valence-electron chi connectivity index (χ3n) is 1.11. The van der Waals surface area contributed by atoms with Crippen LogP contribution in [0.3, 0.4) is 0 Å². The first-order chi connectivity index (χ1) is 4.43. The molecule has 0 saturated carbocycles. The normalized spacial score (nSPS) is 9.20. The van der Waals surface area contributed by atoms with Crippen LogP contribution in [-0.4, -0.2) is 0 Å². The van der Waals surface area contributed by atoms with Gasteiger partial charge in [0.1, 0.15) is 0 Å². The molecule has 0 unspecified atom stereocenters. The van der Waals surface area contributed by atoms with Crippen molar-refractivity contribution in [2.45, 2.75) is 0 Å². The van der Waals surface area contributed by atoms with Crippen molar-refractivity contribution in [2.75, 3.05) is 0 Å². The van der Waals surface area contributed by atoms with Gasteiger partial charge in [0.2, 0.25) is 0 Å². The minimum absolute atomic E-state index is 0. The van der Waals surface area contributed by atoms with E-state index in [0.717, 1.165) is 0 Å². The molecule has 0 heterocycles. The van der Waals surface area contributed by atoms with Gasteiger partial charge < -0.3 is 0 Å². The number of rotatable bonds is 1. The van der Waals surface area contributed by atoms with Gasteiger partial charge in [0.25, 0.3) is 0 Å². The number of hydrogen-bond donors (Lipinski definition) is 0. The molecule has 10 heavy (non-hydrogen) atoms. The van der Waals surface area contributed by atoms with Gasteiger partial charge >= 0.3 is 0 Å². The standard InChI is InChI=1S/C9H9.Pd/c1-2-6-9-7-4-3-5-8-9;/h2-8H,1H2;/q-1;. The van der Waals surface area contributed by atoms with Crippen molar-refractivity contribution in [1.82, 2.24) is 0 Å². The van der Waals surface area contributed by atoms with Gasteiger partial charge in [0.15, 0.2) is 0 Å². The molecule has 0 N–H and O–H groups in total. The van der Waals surface area contributed by atoms with Crippen molar-refractivity contribution in [1.29, 1.82) is 0 Å². The average Bonchev–Trinajstić information content (AvgIpc) is 1.91.